The molecule has 9 nitrogen and oxygen atoms in total. The fourth-order valence-electron chi connectivity index (χ4n) is 3.95. The first-order valence-electron chi connectivity index (χ1n) is 9.63. The summed E-state index contributed by atoms with van der Waals surface area (Å²) in [4.78, 5) is 10.8. The van der Waals surface area contributed by atoms with E-state index in [1.165, 1.54) is 12.3 Å². The molecule has 0 radical (unpaired) electrons. The number of rotatable bonds is 6. The maximum absolute atomic E-state index is 11.9. The van der Waals surface area contributed by atoms with Gasteiger partial charge in [-0.1, -0.05) is 23.7 Å². The van der Waals surface area contributed by atoms with Crippen molar-refractivity contribution in [2.75, 3.05) is 37.0 Å². The summed E-state index contributed by atoms with van der Waals surface area (Å²) in [6.45, 7) is 1.74. The zero-order valence-electron chi connectivity index (χ0n) is 16.5. The average molecular weight is 454 g/mol. The topological polar surface area (TPSA) is 120 Å². The number of primary sulfonamides is 1. The minimum atomic E-state index is -3.90. The predicted octanol–water partition coefficient (Wildman–Crippen LogP) is 2.30. The van der Waals surface area contributed by atoms with Gasteiger partial charge >= 0.3 is 0 Å². The molecule has 0 bridgehead atoms. The van der Waals surface area contributed by atoms with Crippen LogP contribution in [0.3, 0.4) is 0 Å². The van der Waals surface area contributed by atoms with Crippen molar-refractivity contribution in [3.8, 4) is 0 Å². The Balaban J connectivity index is 1.63. The molecule has 1 spiro atoms. The number of methoxy groups -OCH3 is 1. The van der Waals surface area contributed by atoms with Crippen molar-refractivity contribution in [1.82, 2.24) is 9.97 Å². The van der Waals surface area contributed by atoms with Gasteiger partial charge in [-0.05, 0) is 31.4 Å². The molecule has 1 aliphatic heterocycles. The lowest BCUT2D eigenvalue weighted by atomic mass is 9.78. The zero-order chi connectivity index (χ0) is 21.4. The summed E-state index contributed by atoms with van der Waals surface area (Å²) in [5, 5.41) is 8.67. The van der Waals surface area contributed by atoms with Crippen LogP contribution in [0.5, 0.6) is 0 Å². The number of halogens is 1. The van der Waals surface area contributed by atoms with E-state index in [1.807, 2.05) is 0 Å². The molecular weight excluding hydrogens is 430 g/mol. The van der Waals surface area contributed by atoms with Crippen LogP contribution in [-0.4, -0.2) is 56.9 Å². The van der Waals surface area contributed by atoms with Crippen LogP contribution in [0, 0.1) is 0 Å². The summed E-state index contributed by atoms with van der Waals surface area (Å²) in [5.74, 6) is 0.792. The second-order valence-electron chi connectivity index (χ2n) is 7.64. The number of ether oxygens (including phenoxy) is 2. The number of anilines is 3. The van der Waals surface area contributed by atoms with Gasteiger partial charge in [0.15, 0.2) is 5.82 Å². The molecule has 1 unspecified atom stereocenters. The van der Waals surface area contributed by atoms with Crippen LogP contribution < -0.4 is 15.4 Å². The number of hydrogen-bond acceptors (Lipinski definition) is 8. The number of nitrogens with two attached hydrogens (primary N) is 1. The normalized spacial score (nSPS) is 20.8. The first kappa shape index (κ1) is 21.3. The van der Waals surface area contributed by atoms with Gasteiger partial charge in [0, 0.05) is 20.2 Å². The lowest BCUT2D eigenvalue weighted by Crippen LogP contribution is -2.60. The van der Waals surface area contributed by atoms with Gasteiger partial charge in [-0.25, -0.2) is 18.5 Å². The molecule has 2 heterocycles. The van der Waals surface area contributed by atoms with E-state index in [0.717, 1.165) is 19.3 Å². The highest BCUT2D eigenvalue weighted by molar-refractivity contribution is 7.89. The fraction of sp³-hybridized carbons (Fsp3) is 0.474. The highest BCUT2D eigenvalue weighted by Crippen LogP contribution is 2.41. The SMILES string of the molecule is COCC1CN(c2nc(Nc3ccccc3S(N)(=O)=O)ncc2Cl)CC2(CCC2)O1. The third kappa shape index (κ3) is 4.37. The van der Waals surface area contributed by atoms with Crippen LogP contribution in [-0.2, 0) is 19.5 Å². The fourth-order valence-corrected chi connectivity index (χ4v) is 4.85. The summed E-state index contributed by atoms with van der Waals surface area (Å²) in [6.07, 6.45) is 4.51. The average Bonchev–Trinajstić information content (AvgIpc) is 2.68. The Morgan fingerprint density at radius 3 is 2.83 bits per heavy atom. The van der Waals surface area contributed by atoms with Gasteiger partial charge < -0.3 is 19.7 Å². The van der Waals surface area contributed by atoms with Crippen molar-refractivity contribution in [3.63, 3.8) is 0 Å². The summed E-state index contributed by atoms with van der Waals surface area (Å²) >= 11 is 6.43. The van der Waals surface area contributed by atoms with Crippen molar-refractivity contribution in [1.29, 1.82) is 0 Å². The van der Waals surface area contributed by atoms with Crippen LogP contribution >= 0.6 is 11.6 Å². The van der Waals surface area contributed by atoms with Crippen molar-refractivity contribution in [2.24, 2.45) is 5.14 Å². The molecule has 30 heavy (non-hydrogen) atoms. The molecule has 2 aromatic rings. The molecule has 4 rings (SSSR count). The van der Waals surface area contributed by atoms with Crippen LogP contribution in [0.2, 0.25) is 5.02 Å². The Morgan fingerprint density at radius 1 is 1.40 bits per heavy atom. The lowest BCUT2D eigenvalue weighted by molar-refractivity contribution is -0.162. The lowest BCUT2D eigenvalue weighted by Gasteiger charge is -2.51. The second-order valence-corrected chi connectivity index (χ2v) is 9.58. The van der Waals surface area contributed by atoms with Gasteiger partial charge in [-0.3, -0.25) is 0 Å². The van der Waals surface area contributed by atoms with Gasteiger partial charge in [0.05, 0.1) is 30.2 Å². The van der Waals surface area contributed by atoms with Gasteiger partial charge in [0.1, 0.15) is 9.92 Å². The highest BCUT2D eigenvalue weighted by Gasteiger charge is 2.46. The van der Waals surface area contributed by atoms with E-state index < -0.39 is 10.0 Å². The van der Waals surface area contributed by atoms with E-state index in [1.54, 1.807) is 25.3 Å². The highest BCUT2D eigenvalue weighted by atomic mass is 35.5. The number of benzene rings is 1. The molecule has 1 aromatic carbocycles. The summed E-state index contributed by atoms with van der Waals surface area (Å²) in [5.41, 5.74) is 0.0896. The van der Waals surface area contributed by atoms with E-state index in [2.05, 4.69) is 20.2 Å². The van der Waals surface area contributed by atoms with Crippen molar-refractivity contribution >= 4 is 39.1 Å². The van der Waals surface area contributed by atoms with Crippen LogP contribution in [0.1, 0.15) is 19.3 Å². The number of nitrogens with one attached hydrogen (secondary N) is 1. The number of morpholine rings is 1. The number of nitrogens with zero attached hydrogens (tertiary/aromatic N) is 3. The van der Waals surface area contributed by atoms with Crippen molar-refractivity contribution in [3.05, 3.63) is 35.5 Å². The molecule has 1 aliphatic carbocycles. The molecule has 162 valence electrons. The quantitative estimate of drug-likeness (QED) is 0.683. The molecule has 1 saturated heterocycles. The summed E-state index contributed by atoms with van der Waals surface area (Å²) in [6, 6.07) is 6.32. The third-order valence-corrected chi connectivity index (χ3v) is 6.64. The number of hydrogen-bond donors (Lipinski definition) is 2. The smallest absolute Gasteiger partial charge is 0.240 e. The van der Waals surface area contributed by atoms with Gasteiger partial charge in [0.2, 0.25) is 16.0 Å². The standard InChI is InChI=1S/C19H24ClN5O4S/c1-28-11-13-10-25(12-19(29-13)7-4-8-19)17-14(20)9-22-18(24-17)23-15-5-2-3-6-16(15)30(21,26)27/h2-3,5-6,9,13H,4,7-8,10-12H2,1H3,(H2,21,26,27)(H,22,23,24). The van der Waals surface area contributed by atoms with Gasteiger partial charge in [-0.15, -0.1) is 0 Å². The molecule has 1 atom stereocenters. The first-order chi connectivity index (χ1) is 14.3. The zero-order valence-corrected chi connectivity index (χ0v) is 18.1. The monoisotopic (exact) mass is 453 g/mol. The number of para-hydroxylation sites is 1. The summed E-state index contributed by atoms with van der Waals surface area (Å²) in [7, 11) is -2.25. The molecule has 2 fully saturated rings. The second kappa shape index (κ2) is 8.27. The molecular formula is C19H24ClN5O4S. The van der Waals surface area contributed by atoms with E-state index in [-0.39, 0.29) is 22.5 Å². The van der Waals surface area contributed by atoms with Gasteiger partial charge in [-0.2, -0.15) is 4.98 Å². The van der Waals surface area contributed by atoms with Crippen molar-refractivity contribution < 1.29 is 17.9 Å². The minimum Gasteiger partial charge on any atom is -0.382 e. The van der Waals surface area contributed by atoms with Gasteiger partial charge in [0.25, 0.3) is 0 Å². The Labute approximate surface area is 180 Å². The first-order valence-corrected chi connectivity index (χ1v) is 11.6. The van der Waals surface area contributed by atoms with E-state index in [9.17, 15) is 8.42 Å². The number of aromatic nitrogens is 2. The van der Waals surface area contributed by atoms with E-state index in [0.29, 0.717) is 36.2 Å². The molecule has 2 aliphatic rings. The molecule has 11 heteroatoms. The van der Waals surface area contributed by atoms with Crippen molar-refractivity contribution in [2.45, 2.75) is 35.9 Å². The van der Waals surface area contributed by atoms with Crippen LogP contribution in [0.15, 0.2) is 35.4 Å². The van der Waals surface area contributed by atoms with Crippen LogP contribution in [0.4, 0.5) is 17.5 Å². The Hall–Kier alpha value is -1.98. The maximum atomic E-state index is 11.9. The van der Waals surface area contributed by atoms with E-state index in [4.69, 9.17) is 26.2 Å². The predicted molar refractivity (Wildman–Crippen MR) is 114 cm³/mol. The van der Waals surface area contributed by atoms with E-state index >= 15 is 0 Å². The Kier molecular flexibility index (Phi) is 5.86. The molecule has 1 aromatic heterocycles. The molecule has 1 saturated carbocycles. The summed E-state index contributed by atoms with van der Waals surface area (Å²) < 4.78 is 35.3. The third-order valence-electron chi connectivity index (χ3n) is 5.40. The molecule has 0 amide bonds. The number of sulfonamides is 1. The molecule has 3 N–H and O–H groups in total. The minimum absolute atomic E-state index is 0.0370. The Bertz CT molecular complexity index is 1030. The largest absolute Gasteiger partial charge is 0.382 e. The van der Waals surface area contributed by atoms with Crippen LogP contribution in [0.25, 0.3) is 0 Å². The Morgan fingerprint density at radius 2 is 2.17 bits per heavy atom. The maximum Gasteiger partial charge on any atom is 0.240 e.